The van der Waals surface area contributed by atoms with Gasteiger partial charge in [0.2, 0.25) is 0 Å². The molecule has 0 amide bonds. The lowest BCUT2D eigenvalue weighted by atomic mass is 10.1. The number of carbonyl (C=O) groups excluding carboxylic acids is 2. The first-order valence-electron chi connectivity index (χ1n) is 4.71. The number of rotatable bonds is 0. The molecule has 82 valence electrons. The molecule has 0 saturated carbocycles. The third kappa shape index (κ3) is 2.68. The van der Waals surface area contributed by atoms with Crippen LogP contribution in [0, 0.1) is 0 Å². The summed E-state index contributed by atoms with van der Waals surface area (Å²) in [5.41, 5.74) is 0.566. The van der Waals surface area contributed by atoms with Gasteiger partial charge >= 0.3 is 11.9 Å². The topological polar surface area (TPSA) is 52.6 Å². The molecule has 1 aliphatic heterocycles. The molecule has 0 N–H and O–H groups in total. The van der Waals surface area contributed by atoms with Crippen LogP contribution in [0.2, 0.25) is 0 Å². The summed E-state index contributed by atoms with van der Waals surface area (Å²) < 4.78 is 10.1. The molecular weight excluding hydrogens is 196 g/mol. The van der Waals surface area contributed by atoms with E-state index in [1.807, 2.05) is 0 Å². The van der Waals surface area contributed by atoms with Gasteiger partial charge in [-0.2, -0.15) is 0 Å². The molecule has 1 rings (SSSR count). The number of allylic oxidation sites excluding steroid dienone is 1. The van der Waals surface area contributed by atoms with Crippen LogP contribution in [0.15, 0.2) is 23.0 Å². The quantitative estimate of drug-likeness (QED) is 0.571. The Morgan fingerprint density at radius 3 is 2.20 bits per heavy atom. The Hall–Kier alpha value is -1.58. The number of cyclic esters (lactones) is 2. The average Bonchev–Trinajstić information content (AvgIpc) is 2.15. The Labute approximate surface area is 88.6 Å². The Morgan fingerprint density at radius 2 is 1.60 bits per heavy atom. The fourth-order valence-electron chi connectivity index (χ4n) is 1.18. The lowest BCUT2D eigenvalue weighted by Gasteiger charge is -2.08. The fourth-order valence-corrected chi connectivity index (χ4v) is 1.18. The van der Waals surface area contributed by atoms with Crippen LogP contribution in [0.5, 0.6) is 0 Å². The average molecular weight is 210 g/mol. The first kappa shape index (κ1) is 11.5. The molecule has 0 aromatic carbocycles. The normalized spacial score (nSPS) is 31.7. The van der Waals surface area contributed by atoms with Crippen LogP contribution in [-0.4, -0.2) is 18.0 Å². The van der Waals surface area contributed by atoms with Gasteiger partial charge in [0, 0.05) is 11.1 Å². The Kier molecular flexibility index (Phi) is 3.29. The summed E-state index contributed by atoms with van der Waals surface area (Å²) in [7, 11) is 0. The van der Waals surface area contributed by atoms with E-state index in [4.69, 9.17) is 9.47 Å². The summed E-state index contributed by atoms with van der Waals surface area (Å²) in [5, 5.41) is 0. The maximum atomic E-state index is 11.5. The maximum Gasteiger partial charge on any atom is 0.339 e. The molecule has 1 unspecified atom stereocenters. The van der Waals surface area contributed by atoms with Gasteiger partial charge in [0.05, 0.1) is 0 Å². The van der Waals surface area contributed by atoms with Gasteiger partial charge in [0.1, 0.15) is 11.9 Å². The van der Waals surface area contributed by atoms with E-state index >= 15 is 0 Å². The van der Waals surface area contributed by atoms with E-state index in [0.29, 0.717) is 5.76 Å². The van der Waals surface area contributed by atoms with Gasteiger partial charge in [0.15, 0.2) is 0 Å². The van der Waals surface area contributed by atoms with Gasteiger partial charge in [-0.05, 0) is 33.8 Å². The van der Waals surface area contributed by atoms with E-state index in [2.05, 4.69) is 0 Å². The molecule has 1 atom stereocenters. The minimum atomic E-state index is -0.507. The third-order valence-electron chi connectivity index (χ3n) is 2.19. The largest absolute Gasteiger partial charge is 0.455 e. The van der Waals surface area contributed by atoms with Crippen LogP contribution < -0.4 is 0 Å². The van der Waals surface area contributed by atoms with E-state index in [1.54, 1.807) is 33.8 Å². The summed E-state index contributed by atoms with van der Waals surface area (Å²) in [4.78, 5) is 22.9. The van der Waals surface area contributed by atoms with Gasteiger partial charge in [-0.15, -0.1) is 0 Å². The highest BCUT2D eigenvalue weighted by Gasteiger charge is 2.20. The Bertz CT molecular complexity index is 363. The van der Waals surface area contributed by atoms with Crippen molar-refractivity contribution >= 4 is 11.9 Å². The lowest BCUT2D eigenvalue weighted by Crippen LogP contribution is -2.14. The standard InChI is InChI=1S/C11H14O4/c1-6-5-7(2)15-11(13)9(4)8(3)10(12)14-6/h5-6H,1-4H3/b7-5-,9-8-. The van der Waals surface area contributed by atoms with E-state index in [-0.39, 0.29) is 11.1 Å². The molecule has 0 fully saturated rings. The maximum absolute atomic E-state index is 11.5. The van der Waals surface area contributed by atoms with Crippen molar-refractivity contribution in [3.63, 3.8) is 0 Å². The molecule has 4 nitrogen and oxygen atoms in total. The number of esters is 2. The van der Waals surface area contributed by atoms with Crippen LogP contribution in [0.4, 0.5) is 0 Å². The van der Waals surface area contributed by atoms with E-state index < -0.39 is 18.0 Å². The second kappa shape index (κ2) is 4.29. The van der Waals surface area contributed by atoms with Crippen molar-refractivity contribution in [2.24, 2.45) is 0 Å². The van der Waals surface area contributed by atoms with Gasteiger partial charge in [-0.1, -0.05) is 0 Å². The first-order chi connectivity index (χ1) is 6.91. The number of ether oxygens (including phenoxy) is 2. The molecule has 0 aromatic heterocycles. The second-order valence-electron chi connectivity index (χ2n) is 3.53. The van der Waals surface area contributed by atoms with Crippen molar-refractivity contribution in [2.75, 3.05) is 0 Å². The monoisotopic (exact) mass is 210 g/mol. The number of hydrogen-bond acceptors (Lipinski definition) is 4. The molecule has 0 aliphatic carbocycles. The molecule has 1 aliphatic rings. The number of carbonyl (C=O) groups is 2. The molecule has 1 heterocycles. The summed E-state index contributed by atoms with van der Waals surface area (Å²) >= 11 is 0. The molecule has 4 heteroatoms. The zero-order valence-corrected chi connectivity index (χ0v) is 9.29. The predicted octanol–water partition coefficient (Wildman–Crippen LogP) is 1.72. The van der Waals surface area contributed by atoms with Crippen molar-refractivity contribution in [1.29, 1.82) is 0 Å². The smallest absolute Gasteiger partial charge is 0.339 e. The van der Waals surface area contributed by atoms with Crippen LogP contribution in [0.25, 0.3) is 0 Å². The zero-order valence-electron chi connectivity index (χ0n) is 9.29. The number of hydrogen-bond donors (Lipinski definition) is 0. The lowest BCUT2D eigenvalue weighted by molar-refractivity contribution is -0.142. The van der Waals surface area contributed by atoms with Gasteiger partial charge in [0.25, 0.3) is 0 Å². The van der Waals surface area contributed by atoms with E-state index in [1.165, 1.54) is 0 Å². The van der Waals surface area contributed by atoms with Crippen LogP contribution >= 0.6 is 0 Å². The highest BCUT2D eigenvalue weighted by Crippen LogP contribution is 2.14. The van der Waals surface area contributed by atoms with Gasteiger partial charge < -0.3 is 9.47 Å². The van der Waals surface area contributed by atoms with Gasteiger partial charge in [-0.3, -0.25) is 0 Å². The Balaban J connectivity index is 3.12. The molecular formula is C11H14O4. The van der Waals surface area contributed by atoms with Crippen LogP contribution in [0.1, 0.15) is 27.7 Å². The fraction of sp³-hybridized carbons (Fsp3) is 0.455. The van der Waals surface area contributed by atoms with Crippen molar-refractivity contribution in [2.45, 2.75) is 33.8 Å². The van der Waals surface area contributed by atoms with Crippen molar-refractivity contribution in [3.8, 4) is 0 Å². The molecule has 0 radical (unpaired) electrons. The summed E-state index contributed by atoms with van der Waals surface area (Å²) in [5.74, 6) is -0.551. The van der Waals surface area contributed by atoms with Crippen LogP contribution in [-0.2, 0) is 19.1 Å². The third-order valence-corrected chi connectivity index (χ3v) is 2.19. The molecule has 15 heavy (non-hydrogen) atoms. The van der Waals surface area contributed by atoms with Gasteiger partial charge in [-0.25, -0.2) is 9.59 Å². The van der Waals surface area contributed by atoms with Crippen molar-refractivity contribution < 1.29 is 19.1 Å². The van der Waals surface area contributed by atoms with E-state index in [9.17, 15) is 9.59 Å². The van der Waals surface area contributed by atoms with Crippen LogP contribution in [0.3, 0.4) is 0 Å². The SMILES string of the molecule is C/C1=C/C(C)OC(=O)/C(C)=C(/C)C(=O)O1. The van der Waals surface area contributed by atoms with Crippen molar-refractivity contribution in [1.82, 2.24) is 0 Å². The van der Waals surface area contributed by atoms with Crippen molar-refractivity contribution in [3.05, 3.63) is 23.0 Å². The molecule has 0 saturated heterocycles. The summed E-state index contributed by atoms with van der Waals surface area (Å²) in [6.07, 6.45) is 1.19. The predicted molar refractivity (Wildman–Crippen MR) is 53.8 cm³/mol. The first-order valence-corrected chi connectivity index (χ1v) is 4.71. The molecule has 0 bridgehead atoms. The minimum Gasteiger partial charge on any atom is -0.455 e. The summed E-state index contributed by atoms with van der Waals surface area (Å²) in [6.45, 7) is 6.45. The highest BCUT2D eigenvalue weighted by atomic mass is 16.6. The molecule has 0 aromatic rings. The minimum absolute atomic E-state index is 0.279. The molecule has 0 spiro atoms. The highest BCUT2D eigenvalue weighted by molar-refractivity contribution is 6.00. The zero-order chi connectivity index (χ0) is 11.6. The Morgan fingerprint density at radius 1 is 1.07 bits per heavy atom. The van der Waals surface area contributed by atoms with E-state index in [0.717, 1.165) is 0 Å². The summed E-state index contributed by atoms with van der Waals surface area (Å²) in [6, 6.07) is 0. The second-order valence-corrected chi connectivity index (χ2v) is 3.53.